The lowest BCUT2D eigenvalue weighted by Gasteiger charge is -2.10. The van der Waals surface area contributed by atoms with Crippen molar-refractivity contribution in [3.05, 3.63) is 44.1 Å². The van der Waals surface area contributed by atoms with Crippen molar-refractivity contribution in [3.8, 4) is 0 Å². The van der Waals surface area contributed by atoms with Crippen molar-refractivity contribution in [2.75, 3.05) is 0 Å². The number of hydrogen-bond donors (Lipinski definition) is 1. The Morgan fingerprint density at radius 1 is 1.37 bits per heavy atom. The normalized spacial score (nSPS) is 10.8. The molecule has 0 aliphatic heterocycles. The number of carboxylic acid groups (broad SMARTS) is 1. The van der Waals surface area contributed by atoms with Gasteiger partial charge in [-0.05, 0) is 12.1 Å². The molecule has 0 unspecified atom stereocenters. The monoisotopic (exact) mass is 282 g/mol. The fraction of sp³-hybridized carbons (Fsp3) is 0.250. The van der Waals surface area contributed by atoms with Crippen molar-refractivity contribution in [1.82, 2.24) is 9.13 Å². The molecular formula is C12H11ClN2O4. The standard InChI is InChI=1S/C12H11ClN2O4/c1-14-10-7(3-2-4-8(10)13)11(18)15(12(14)19)6-5-9(16)17/h2-4H,5-6H2,1H3,(H,16,17). The average Bonchev–Trinajstić information content (AvgIpc) is 2.35. The van der Waals surface area contributed by atoms with Crippen LogP contribution in [-0.2, 0) is 18.4 Å². The third-order valence-electron chi connectivity index (χ3n) is 2.86. The van der Waals surface area contributed by atoms with Gasteiger partial charge in [-0.3, -0.25) is 18.7 Å². The second-order valence-corrected chi connectivity index (χ2v) is 4.49. The molecule has 0 bridgehead atoms. The van der Waals surface area contributed by atoms with Crippen LogP contribution in [0, 0.1) is 0 Å². The van der Waals surface area contributed by atoms with Gasteiger partial charge in [0.1, 0.15) is 0 Å². The van der Waals surface area contributed by atoms with Crippen LogP contribution in [0.4, 0.5) is 0 Å². The number of rotatable bonds is 3. The lowest BCUT2D eigenvalue weighted by atomic mass is 10.2. The van der Waals surface area contributed by atoms with Crippen LogP contribution in [0.25, 0.3) is 10.9 Å². The van der Waals surface area contributed by atoms with Crippen LogP contribution in [0.1, 0.15) is 6.42 Å². The first kappa shape index (κ1) is 13.4. The van der Waals surface area contributed by atoms with Gasteiger partial charge < -0.3 is 5.11 Å². The van der Waals surface area contributed by atoms with Gasteiger partial charge in [-0.15, -0.1) is 0 Å². The maximum Gasteiger partial charge on any atom is 0.331 e. The second kappa shape index (κ2) is 4.89. The minimum atomic E-state index is -1.07. The quantitative estimate of drug-likeness (QED) is 0.904. The summed E-state index contributed by atoms with van der Waals surface area (Å²) in [6.45, 7) is -0.163. The highest BCUT2D eigenvalue weighted by molar-refractivity contribution is 6.35. The molecular weight excluding hydrogens is 272 g/mol. The molecule has 0 saturated heterocycles. The van der Waals surface area contributed by atoms with Crippen LogP contribution in [0.15, 0.2) is 27.8 Å². The van der Waals surface area contributed by atoms with Crippen molar-refractivity contribution in [2.24, 2.45) is 7.05 Å². The highest BCUT2D eigenvalue weighted by Gasteiger charge is 2.13. The van der Waals surface area contributed by atoms with E-state index in [4.69, 9.17) is 16.7 Å². The van der Waals surface area contributed by atoms with Gasteiger partial charge in [0.2, 0.25) is 0 Å². The number of fused-ring (bicyclic) bond motifs is 1. The minimum Gasteiger partial charge on any atom is -0.481 e. The summed E-state index contributed by atoms with van der Waals surface area (Å²) in [5.74, 6) is -1.07. The fourth-order valence-corrected chi connectivity index (χ4v) is 2.24. The molecule has 7 heteroatoms. The molecule has 1 heterocycles. The van der Waals surface area contributed by atoms with E-state index < -0.39 is 17.2 Å². The first-order valence-corrected chi connectivity index (χ1v) is 5.91. The fourth-order valence-electron chi connectivity index (χ4n) is 1.94. The molecule has 1 N–H and O–H groups in total. The summed E-state index contributed by atoms with van der Waals surface area (Å²) in [7, 11) is 1.49. The molecule has 0 atom stereocenters. The number of aryl methyl sites for hydroxylation is 1. The zero-order valence-corrected chi connectivity index (χ0v) is 10.8. The van der Waals surface area contributed by atoms with E-state index in [2.05, 4.69) is 0 Å². The zero-order chi connectivity index (χ0) is 14.2. The molecule has 0 amide bonds. The molecule has 0 spiro atoms. The van der Waals surface area contributed by atoms with E-state index in [1.165, 1.54) is 11.6 Å². The Balaban J connectivity index is 2.78. The SMILES string of the molecule is Cn1c(=O)n(CCC(=O)O)c(=O)c2cccc(Cl)c21. The number of para-hydroxylation sites is 1. The second-order valence-electron chi connectivity index (χ2n) is 4.08. The molecule has 100 valence electrons. The number of halogens is 1. The highest BCUT2D eigenvalue weighted by Crippen LogP contribution is 2.18. The molecule has 2 aromatic rings. The van der Waals surface area contributed by atoms with E-state index >= 15 is 0 Å². The maximum absolute atomic E-state index is 12.2. The largest absolute Gasteiger partial charge is 0.481 e. The van der Waals surface area contributed by atoms with Crippen LogP contribution >= 0.6 is 11.6 Å². The number of aliphatic carboxylic acids is 1. The summed E-state index contributed by atoms with van der Waals surface area (Å²) in [4.78, 5) is 34.8. The minimum absolute atomic E-state index is 0.163. The van der Waals surface area contributed by atoms with Gasteiger partial charge >= 0.3 is 11.7 Å². The predicted molar refractivity (Wildman–Crippen MR) is 70.7 cm³/mol. The molecule has 0 fully saturated rings. The van der Waals surface area contributed by atoms with E-state index in [-0.39, 0.29) is 13.0 Å². The van der Waals surface area contributed by atoms with Crippen LogP contribution < -0.4 is 11.2 Å². The predicted octanol–water partition coefficient (Wildman–Crippen LogP) is 0.828. The van der Waals surface area contributed by atoms with Crippen molar-refractivity contribution in [3.63, 3.8) is 0 Å². The topological polar surface area (TPSA) is 81.3 Å². The molecule has 6 nitrogen and oxygen atoms in total. The molecule has 0 aliphatic carbocycles. The van der Waals surface area contributed by atoms with Gasteiger partial charge in [0.25, 0.3) is 5.56 Å². The van der Waals surface area contributed by atoms with E-state index in [1.54, 1.807) is 18.2 Å². The Morgan fingerprint density at radius 2 is 2.05 bits per heavy atom. The van der Waals surface area contributed by atoms with Gasteiger partial charge in [0, 0.05) is 13.6 Å². The lowest BCUT2D eigenvalue weighted by Crippen LogP contribution is -2.39. The lowest BCUT2D eigenvalue weighted by molar-refractivity contribution is -0.137. The van der Waals surface area contributed by atoms with Gasteiger partial charge in [0.15, 0.2) is 0 Å². The molecule has 0 aliphatic rings. The molecule has 0 radical (unpaired) electrons. The Morgan fingerprint density at radius 3 is 2.68 bits per heavy atom. The number of carbonyl (C=O) groups is 1. The van der Waals surface area contributed by atoms with Crippen molar-refractivity contribution < 1.29 is 9.90 Å². The molecule has 1 aromatic carbocycles. The van der Waals surface area contributed by atoms with Crippen molar-refractivity contribution in [1.29, 1.82) is 0 Å². The van der Waals surface area contributed by atoms with Gasteiger partial charge in [-0.1, -0.05) is 17.7 Å². The maximum atomic E-state index is 12.2. The van der Waals surface area contributed by atoms with Crippen LogP contribution in [0.2, 0.25) is 5.02 Å². The first-order valence-electron chi connectivity index (χ1n) is 5.53. The van der Waals surface area contributed by atoms with E-state index in [0.29, 0.717) is 15.9 Å². The summed E-state index contributed by atoms with van der Waals surface area (Å²) in [6, 6.07) is 4.75. The van der Waals surface area contributed by atoms with Gasteiger partial charge in [0.05, 0.1) is 22.3 Å². The summed E-state index contributed by atoms with van der Waals surface area (Å²) in [6.07, 6.45) is -0.290. The summed E-state index contributed by atoms with van der Waals surface area (Å²) >= 11 is 5.98. The molecule has 0 saturated carbocycles. The Labute approximate surface area is 112 Å². The highest BCUT2D eigenvalue weighted by atomic mass is 35.5. The van der Waals surface area contributed by atoms with E-state index in [1.807, 2.05) is 0 Å². The van der Waals surface area contributed by atoms with E-state index in [9.17, 15) is 14.4 Å². The van der Waals surface area contributed by atoms with Crippen LogP contribution in [0.5, 0.6) is 0 Å². The van der Waals surface area contributed by atoms with Crippen LogP contribution in [-0.4, -0.2) is 20.2 Å². The zero-order valence-electron chi connectivity index (χ0n) is 10.1. The number of hydrogen-bond acceptors (Lipinski definition) is 3. The Hall–Kier alpha value is -2.08. The van der Waals surface area contributed by atoms with Crippen molar-refractivity contribution in [2.45, 2.75) is 13.0 Å². The molecule has 1 aromatic heterocycles. The van der Waals surface area contributed by atoms with Crippen LogP contribution in [0.3, 0.4) is 0 Å². The van der Waals surface area contributed by atoms with Crippen molar-refractivity contribution >= 4 is 28.5 Å². The summed E-state index contributed by atoms with van der Waals surface area (Å²) in [5.41, 5.74) is -0.751. The van der Waals surface area contributed by atoms with E-state index in [0.717, 1.165) is 4.57 Å². The molecule has 2 rings (SSSR count). The van der Waals surface area contributed by atoms with Gasteiger partial charge in [-0.25, -0.2) is 4.79 Å². The summed E-state index contributed by atoms with van der Waals surface area (Å²) in [5, 5.41) is 9.23. The Kier molecular flexibility index (Phi) is 3.44. The number of carboxylic acids is 1. The summed E-state index contributed by atoms with van der Waals surface area (Å²) < 4.78 is 2.16. The number of aromatic nitrogens is 2. The number of nitrogens with zero attached hydrogens (tertiary/aromatic N) is 2. The Bertz CT molecular complexity index is 776. The molecule has 19 heavy (non-hydrogen) atoms. The number of benzene rings is 1. The first-order chi connectivity index (χ1) is 8.93. The average molecular weight is 283 g/mol. The third-order valence-corrected chi connectivity index (χ3v) is 3.17. The van der Waals surface area contributed by atoms with Gasteiger partial charge in [-0.2, -0.15) is 0 Å². The third kappa shape index (κ3) is 2.26. The smallest absolute Gasteiger partial charge is 0.331 e.